The molecule has 1 heterocycles. The molecule has 0 aliphatic heterocycles. The number of anilines is 1. The third-order valence-corrected chi connectivity index (χ3v) is 3.97. The number of hydrogen-bond donors (Lipinski definition) is 1. The number of Topliss-reactive ketones (excluding diaryl/α,β-unsaturated/α-hetero) is 1. The van der Waals surface area contributed by atoms with Gasteiger partial charge in [-0.1, -0.05) is 0 Å². The quantitative estimate of drug-likeness (QED) is 0.701. The van der Waals surface area contributed by atoms with Gasteiger partial charge in [0.25, 0.3) is 0 Å². The van der Waals surface area contributed by atoms with Gasteiger partial charge in [0.05, 0.1) is 25.4 Å². The number of carbonyl (C=O) groups excluding carboxylic acids is 2. The van der Waals surface area contributed by atoms with Crippen molar-refractivity contribution in [2.45, 2.75) is 19.9 Å². The first-order chi connectivity index (χ1) is 12.1. The van der Waals surface area contributed by atoms with Crippen LogP contribution in [0, 0.1) is 0 Å². The second kappa shape index (κ2) is 7.17. The minimum atomic E-state index is -0.104. The fourth-order valence-electron chi connectivity index (χ4n) is 2.59. The highest BCUT2D eigenvalue weighted by atomic mass is 16.5. The number of benzene rings is 2. The van der Waals surface area contributed by atoms with Gasteiger partial charge in [-0.25, -0.2) is 0 Å². The van der Waals surface area contributed by atoms with Gasteiger partial charge in [0.1, 0.15) is 5.75 Å². The summed E-state index contributed by atoms with van der Waals surface area (Å²) >= 11 is 0. The molecule has 0 radical (unpaired) electrons. The Morgan fingerprint density at radius 1 is 1.16 bits per heavy atom. The minimum Gasteiger partial charge on any atom is -0.497 e. The monoisotopic (exact) mass is 337 g/mol. The van der Waals surface area contributed by atoms with E-state index in [9.17, 15) is 9.59 Å². The van der Waals surface area contributed by atoms with Crippen LogP contribution in [0.15, 0.2) is 48.7 Å². The van der Waals surface area contributed by atoms with Gasteiger partial charge < -0.3 is 10.1 Å². The van der Waals surface area contributed by atoms with Crippen LogP contribution in [0.4, 0.5) is 5.69 Å². The smallest absolute Gasteiger partial charge is 0.226 e. The number of nitrogens with zero attached hydrogens (tertiary/aromatic N) is 2. The van der Waals surface area contributed by atoms with Crippen molar-refractivity contribution >= 4 is 28.3 Å². The summed E-state index contributed by atoms with van der Waals surface area (Å²) in [4.78, 5) is 23.4. The Bertz CT molecular complexity index is 913. The summed E-state index contributed by atoms with van der Waals surface area (Å²) in [7, 11) is 1.62. The Balaban J connectivity index is 1.61. The molecular weight excluding hydrogens is 318 g/mol. The lowest BCUT2D eigenvalue weighted by atomic mass is 10.1. The van der Waals surface area contributed by atoms with Crippen LogP contribution in [0.25, 0.3) is 10.9 Å². The molecule has 3 rings (SSSR count). The zero-order chi connectivity index (χ0) is 17.8. The number of methoxy groups -OCH3 is 1. The second-order valence-corrected chi connectivity index (χ2v) is 5.72. The summed E-state index contributed by atoms with van der Waals surface area (Å²) in [6.07, 6.45) is 2.06. The average Bonchev–Trinajstić information content (AvgIpc) is 3.02. The molecule has 6 heteroatoms. The maximum Gasteiger partial charge on any atom is 0.226 e. The van der Waals surface area contributed by atoms with Gasteiger partial charge in [-0.3, -0.25) is 14.3 Å². The van der Waals surface area contributed by atoms with Crippen molar-refractivity contribution in [2.75, 3.05) is 12.4 Å². The molecule has 25 heavy (non-hydrogen) atoms. The molecule has 0 aliphatic rings. The standard InChI is InChI=1S/C19H19N3O3/c1-13(23)14-3-5-16(6-4-14)21-19(24)9-10-22-18-8-7-17(25-2)11-15(18)12-20-22/h3-8,11-12H,9-10H2,1-2H3,(H,21,24). The van der Waals surface area contributed by atoms with Crippen molar-refractivity contribution in [1.29, 1.82) is 0 Å². The summed E-state index contributed by atoms with van der Waals surface area (Å²) in [5, 5.41) is 8.12. The molecule has 0 saturated heterocycles. The molecule has 1 amide bonds. The Labute approximate surface area is 145 Å². The van der Waals surface area contributed by atoms with E-state index < -0.39 is 0 Å². The lowest BCUT2D eigenvalue weighted by molar-refractivity contribution is -0.116. The molecule has 0 aliphatic carbocycles. The van der Waals surface area contributed by atoms with Gasteiger partial charge in [-0.15, -0.1) is 0 Å². The van der Waals surface area contributed by atoms with E-state index in [1.807, 2.05) is 18.2 Å². The van der Waals surface area contributed by atoms with E-state index in [0.717, 1.165) is 16.7 Å². The van der Waals surface area contributed by atoms with E-state index in [0.29, 0.717) is 24.2 Å². The van der Waals surface area contributed by atoms with Crippen LogP contribution < -0.4 is 10.1 Å². The molecule has 0 saturated carbocycles. The number of aryl methyl sites for hydroxylation is 1. The van der Waals surface area contributed by atoms with Crippen LogP contribution in [0.2, 0.25) is 0 Å². The SMILES string of the molecule is COc1ccc2c(cnn2CCC(=O)Nc2ccc(C(C)=O)cc2)c1. The van der Waals surface area contributed by atoms with Crippen molar-refractivity contribution in [1.82, 2.24) is 9.78 Å². The van der Waals surface area contributed by atoms with E-state index in [1.165, 1.54) is 6.92 Å². The molecule has 0 bridgehead atoms. The van der Waals surface area contributed by atoms with Gasteiger partial charge in [-0.05, 0) is 49.4 Å². The van der Waals surface area contributed by atoms with Crippen LogP contribution in [-0.2, 0) is 11.3 Å². The van der Waals surface area contributed by atoms with Crippen molar-refractivity contribution in [3.05, 3.63) is 54.2 Å². The number of fused-ring (bicyclic) bond motifs is 1. The first-order valence-electron chi connectivity index (χ1n) is 7.97. The third-order valence-electron chi connectivity index (χ3n) is 3.97. The molecule has 128 valence electrons. The molecule has 0 unspecified atom stereocenters. The normalized spacial score (nSPS) is 10.6. The lowest BCUT2D eigenvalue weighted by Gasteiger charge is -2.07. The molecule has 0 spiro atoms. The highest BCUT2D eigenvalue weighted by molar-refractivity contribution is 5.95. The van der Waals surface area contributed by atoms with Gasteiger partial charge >= 0.3 is 0 Å². The number of hydrogen-bond acceptors (Lipinski definition) is 4. The molecule has 6 nitrogen and oxygen atoms in total. The van der Waals surface area contributed by atoms with Crippen molar-refractivity contribution in [2.24, 2.45) is 0 Å². The largest absolute Gasteiger partial charge is 0.497 e. The molecule has 1 aromatic heterocycles. The molecule has 3 aromatic rings. The van der Waals surface area contributed by atoms with Crippen molar-refractivity contribution in [3.63, 3.8) is 0 Å². The Morgan fingerprint density at radius 3 is 2.60 bits per heavy atom. The fraction of sp³-hybridized carbons (Fsp3) is 0.211. The zero-order valence-electron chi connectivity index (χ0n) is 14.2. The highest BCUT2D eigenvalue weighted by Gasteiger charge is 2.08. The summed E-state index contributed by atoms with van der Waals surface area (Å²) in [6.45, 7) is 1.99. The fourth-order valence-corrected chi connectivity index (χ4v) is 2.59. The topological polar surface area (TPSA) is 73.2 Å². The lowest BCUT2D eigenvalue weighted by Crippen LogP contribution is -2.15. The molecule has 0 fully saturated rings. The number of amides is 1. The number of rotatable bonds is 6. The number of aromatic nitrogens is 2. The Kier molecular flexibility index (Phi) is 4.79. The number of carbonyl (C=O) groups is 2. The van der Waals surface area contributed by atoms with Crippen LogP contribution in [0.1, 0.15) is 23.7 Å². The van der Waals surface area contributed by atoms with Crippen LogP contribution in [0.5, 0.6) is 5.75 Å². The van der Waals surface area contributed by atoms with Crippen LogP contribution in [0.3, 0.4) is 0 Å². The maximum atomic E-state index is 12.1. The summed E-state index contributed by atoms with van der Waals surface area (Å²) < 4.78 is 7.00. The van der Waals surface area contributed by atoms with E-state index in [4.69, 9.17) is 4.74 Å². The van der Waals surface area contributed by atoms with Gasteiger partial charge in [0.2, 0.25) is 5.91 Å². The van der Waals surface area contributed by atoms with Crippen LogP contribution in [-0.4, -0.2) is 28.6 Å². The van der Waals surface area contributed by atoms with Gasteiger partial charge in [0, 0.05) is 23.1 Å². The predicted octanol–water partition coefficient (Wildman–Crippen LogP) is 3.28. The van der Waals surface area contributed by atoms with Crippen molar-refractivity contribution < 1.29 is 14.3 Å². The molecule has 2 aromatic carbocycles. The van der Waals surface area contributed by atoms with Gasteiger partial charge in [0.15, 0.2) is 5.78 Å². The molecule has 0 atom stereocenters. The number of ether oxygens (including phenoxy) is 1. The predicted molar refractivity (Wildman–Crippen MR) is 96.0 cm³/mol. The summed E-state index contributed by atoms with van der Waals surface area (Å²) in [5.41, 5.74) is 2.25. The second-order valence-electron chi connectivity index (χ2n) is 5.72. The highest BCUT2D eigenvalue weighted by Crippen LogP contribution is 2.20. The zero-order valence-corrected chi connectivity index (χ0v) is 14.2. The Hall–Kier alpha value is -3.15. The van der Waals surface area contributed by atoms with E-state index in [2.05, 4.69) is 10.4 Å². The number of ketones is 1. The first kappa shape index (κ1) is 16.7. The first-order valence-corrected chi connectivity index (χ1v) is 7.97. The average molecular weight is 337 g/mol. The molecular formula is C19H19N3O3. The summed E-state index contributed by atoms with van der Waals surface area (Å²) in [5.74, 6) is 0.673. The molecule has 1 N–H and O–H groups in total. The van der Waals surface area contributed by atoms with E-state index in [-0.39, 0.29) is 11.7 Å². The number of nitrogens with one attached hydrogen (secondary N) is 1. The minimum absolute atomic E-state index is 0.0000623. The van der Waals surface area contributed by atoms with E-state index >= 15 is 0 Å². The Morgan fingerprint density at radius 2 is 1.92 bits per heavy atom. The van der Waals surface area contributed by atoms with E-state index in [1.54, 1.807) is 42.3 Å². The van der Waals surface area contributed by atoms with Crippen molar-refractivity contribution in [3.8, 4) is 5.75 Å². The van der Waals surface area contributed by atoms with Gasteiger partial charge in [-0.2, -0.15) is 5.10 Å². The summed E-state index contributed by atoms with van der Waals surface area (Å²) in [6, 6.07) is 12.6. The maximum absolute atomic E-state index is 12.1. The third kappa shape index (κ3) is 3.85. The van der Waals surface area contributed by atoms with Crippen LogP contribution >= 0.6 is 0 Å².